The van der Waals surface area contributed by atoms with Gasteiger partial charge in [-0.15, -0.1) is 0 Å². The molecule has 410 valence electrons. The maximum atomic E-state index is 14.6. The summed E-state index contributed by atoms with van der Waals surface area (Å²) in [6, 6.07) is 10.5. The molecule has 0 radical (unpaired) electrons. The molecule has 2 aromatic carbocycles. The van der Waals surface area contributed by atoms with Crippen LogP contribution in [0.25, 0.3) is 0 Å². The second-order valence-corrected chi connectivity index (χ2v) is 18.8. The summed E-state index contributed by atoms with van der Waals surface area (Å²) in [5.74, 6) is -2.05. The van der Waals surface area contributed by atoms with Gasteiger partial charge in [-0.05, 0) is 62.1 Å². The minimum Gasteiger partial charge on any atom is -0.493 e. The Morgan fingerprint density at radius 3 is 1.64 bits per heavy atom. The number of carbonyl (C=O) groups is 2. The summed E-state index contributed by atoms with van der Waals surface area (Å²) in [5.41, 5.74) is 2.79. The Morgan fingerprint density at radius 1 is 0.644 bits per heavy atom. The van der Waals surface area contributed by atoms with Crippen molar-refractivity contribution in [3.63, 3.8) is 0 Å². The summed E-state index contributed by atoms with van der Waals surface area (Å²) in [4.78, 5) is 27.4. The number of aliphatic carboxylic acids is 1. The van der Waals surface area contributed by atoms with Crippen molar-refractivity contribution >= 4 is 11.8 Å². The van der Waals surface area contributed by atoms with E-state index in [1.165, 1.54) is 28.4 Å². The minimum atomic E-state index is -1.42. The highest BCUT2D eigenvalue weighted by Gasteiger charge is 2.49. The van der Waals surface area contributed by atoms with Crippen molar-refractivity contribution in [2.45, 2.75) is 117 Å². The highest BCUT2D eigenvalue weighted by atomic mass is 16.7. The van der Waals surface area contributed by atoms with Crippen molar-refractivity contribution in [1.29, 1.82) is 0 Å². The van der Waals surface area contributed by atoms with Gasteiger partial charge >= 0.3 is 5.97 Å². The topological polar surface area (TPSA) is 204 Å². The number of aliphatic hydroxyl groups is 1. The third-order valence-electron chi connectivity index (χ3n) is 13.6. The molecule has 2 N–H and O–H groups in total. The van der Waals surface area contributed by atoms with Gasteiger partial charge in [0.2, 0.25) is 0 Å². The van der Waals surface area contributed by atoms with E-state index in [2.05, 4.69) is 19.1 Å². The third kappa shape index (κ3) is 16.0. The van der Waals surface area contributed by atoms with Crippen LogP contribution in [0.15, 0.2) is 71.8 Å². The van der Waals surface area contributed by atoms with E-state index < -0.39 is 90.9 Å². The number of allylic oxidation sites excluding steroid dienone is 4. The number of methoxy groups -OCH3 is 7. The predicted molar refractivity (Wildman–Crippen MR) is 270 cm³/mol. The Balaban J connectivity index is 1.72. The van der Waals surface area contributed by atoms with Crippen molar-refractivity contribution in [3.8, 4) is 23.0 Å². The molecule has 18 nitrogen and oxygen atoms in total. The number of Topliss-reactive ketones (excluding diaryl/α,β-unsaturated/α-hetero) is 1. The fraction of sp³-hybridized carbons (Fsp3) is 0.636. The Kier molecular flexibility index (Phi) is 25.3. The SMILES string of the molecule is C/C=C\[C@H](C)/C=C(\C)[C@@H](OCOC)[C@H](CO)[C@H]1O[C@@H](c2ccc(OC)c(OC)c2)O[C@@H](CC(=O)[C@@H](C)/C=C(\C)[C@H](OCOC)[C@H](C)[C@@H]2O[C@H](c3ccc(OC)c(OC)c3)O[C@H]([C@@H](OCOC)C(=O)O)[C@@H]2C)[C@H]1C. The largest absolute Gasteiger partial charge is 0.493 e. The van der Waals surface area contributed by atoms with Gasteiger partial charge < -0.3 is 76.5 Å². The van der Waals surface area contributed by atoms with Crippen molar-refractivity contribution in [3.05, 3.63) is 83.0 Å². The van der Waals surface area contributed by atoms with Gasteiger partial charge in [0.25, 0.3) is 0 Å². The highest BCUT2D eigenvalue weighted by molar-refractivity contribution is 5.83. The van der Waals surface area contributed by atoms with Gasteiger partial charge in [-0.3, -0.25) is 4.79 Å². The van der Waals surface area contributed by atoms with Gasteiger partial charge in [0, 0.05) is 68.5 Å². The lowest BCUT2D eigenvalue weighted by atomic mass is 9.79. The van der Waals surface area contributed by atoms with Crippen LogP contribution in [0.4, 0.5) is 0 Å². The van der Waals surface area contributed by atoms with Gasteiger partial charge in [0.05, 0.1) is 65.6 Å². The quantitative estimate of drug-likeness (QED) is 0.0558. The first-order valence-corrected chi connectivity index (χ1v) is 24.7. The van der Waals surface area contributed by atoms with Gasteiger partial charge in [-0.2, -0.15) is 0 Å². The lowest BCUT2D eigenvalue weighted by molar-refractivity contribution is -0.306. The maximum Gasteiger partial charge on any atom is 0.335 e. The van der Waals surface area contributed by atoms with Crippen LogP contribution in [0, 0.1) is 35.5 Å². The molecule has 4 rings (SSSR count). The lowest BCUT2D eigenvalue weighted by Crippen LogP contribution is -2.54. The number of ether oxygens (including phenoxy) is 14. The second-order valence-electron chi connectivity index (χ2n) is 18.8. The standard InChI is InChI=1S/C55H82O18/c1-16-17-31(2)22-33(4)48(68-29-61-10)40(27-56)50-35(6)44(70-54(72-50)38-18-20-42(63-12)45(24-38)65-14)26-41(57)32(3)23-34(5)47(67-28-60-9)36(7)49-37(8)51(52(53(58)59)69-30-62-11)73-55(71-49)39-19-21-43(64-13)46(25-39)66-15/h16-25,31-32,35-37,40,44,47-52,54-56H,26-30H2,1-15H3,(H,58,59)/b17-16-,33-22+,34-23+/t31-,32-,35+,36-,37+,40-,44-,47-,48+,49-,50-,51-,52+,54-,55-/m0/s1. The van der Waals surface area contributed by atoms with Crippen LogP contribution in [0.5, 0.6) is 23.0 Å². The molecule has 0 bridgehead atoms. The van der Waals surface area contributed by atoms with Crippen LogP contribution < -0.4 is 18.9 Å². The molecular formula is C55H82O18. The van der Waals surface area contributed by atoms with Crippen LogP contribution in [-0.2, 0) is 57.0 Å². The molecule has 2 aliphatic heterocycles. The first-order valence-electron chi connectivity index (χ1n) is 24.7. The lowest BCUT2D eigenvalue weighted by Gasteiger charge is -2.46. The second kappa shape index (κ2) is 30.2. The number of rotatable bonds is 30. The molecule has 0 spiro atoms. The molecule has 18 heteroatoms. The van der Waals surface area contributed by atoms with Crippen molar-refractivity contribution in [2.75, 3.05) is 76.8 Å². The summed E-state index contributed by atoms with van der Waals surface area (Å²) in [6.07, 6.45) is 0.235. The van der Waals surface area contributed by atoms with E-state index in [4.69, 9.17) is 66.3 Å². The zero-order valence-corrected chi connectivity index (χ0v) is 45.4. The summed E-state index contributed by atoms with van der Waals surface area (Å²) in [5, 5.41) is 21.6. The summed E-state index contributed by atoms with van der Waals surface area (Å²) in [7, 11) is 10.6. The third-order valence-corrected chi connectivity index (χ3v) is 13.6. The van der Waals surface area contributed by atoms with Crippen molar-refractivity contribution in [1.82, 2.24) is 0 Å². The number of benzene rings is 2. The van der Waals surface area contributed by atoms with E-state index >= 15 is 0 Å². The fourth-order valence-corrected chi connectivity index (χ4v) is 9.93. The van der Waals surface area contributed by atoms with E-state index in [1.807, 2.05) is 66.7 Å². The number of carboxylic acids is 1. The van der Waals surface area contributed by atoms with E-state index in [0.717, 1.165) is 5.57 Å². The monoisotopic (exact) mass is 1030 g/mol. The maximum absolute atomic E-state index is 14.6. The smallest absolute Gasteiger partial charge is 0.335 e. The predicted octanol–water partition coefficient (Wildman–Crippen LogP) is 8.26. The Morgan fingerprint density at radius 2 is 1.14 bits per heavy atom. The van der Waals surface area contributed by atoms with Crippen molar-refractivity contribution < 1.29 is 86.1 Å². The molecule has 2 saturated heterocycles. The zero-order chi connectivity index (χ0) is 53.9. The number of carbonyl (C=O) groups excluding carboxylic acids is 1. The molecule has 0 amide bonds. The Hall–Kier alpha value is -4.44. The van der Waals surface area contributed by atoms with Crippen LogP contribution in [0.3, 0.4) is 0 Å². The van der Waals surface area contributed by atoms with Crippen LogP contribution in [-0.4, -0.2) is 141 Å². The van der Waals surface area contributed by atoms with Gasteiger partial charge in [0.15, 0.2) is 41.7 Å². The zero-order valence-electron chi connectivity index (χ0n) is 45.4. The molecule has 0 saturated carbocycles. The van der Waals surface area contributed by atoms with Gasteiger partial charge in [-0.25, -0.2) is 4.79 Å². The minimum absolute atomic E-state index is 0.00332. The van der Waals surface area contributed by atoms with E-state index in [9.17, 15) is 19.8 Å². The molecular weight excluding hydrogens is 949 g/mol. The summed E-state index contributed by atoms with van der Waals surface area (Å²) >= 11 is 0. The number of ketones is 1. The highest BCUT2D eigenvalue weighted by Crippen LogP contribution is 2.44. The van der Waals surface area contributed by atoms with E-state index in [1.54, 1.807) is 51.7 Å². The Labute approximate surface area is 432 Å². The molecule has 2 heterocycles. The van der Waals surface area contributed by atoms with E-state index in [0.29, 0.717) is 39.7 Å². The van der Waals surface area contributed by atoms with Crippen LogP contribution >= 0.6 is 0 Å². The average Bonchev–Trinajstić information content (AvgIpc) is 3.38. The molecule has 15 atom stereocenters. The number of hydrogen-bond acceptors (Lipinski definition) is 17. The molecule has 0 aliphatic carbocycles. The van der Waals surface area contributed by atoms with Crippen LogP contribution in [0.2, 0.25) is 0 Å². The fourth-order valence-electron chi connectivity index (χ4n) is 9.93. The molecule has 0 aromatic heterocycles. The van der Waals surface area contributed by atoms with Gasteiger partial charge in [-0.1, -0.05) is 71.1 Å². The molecule has 2 aliphatic rings. The summed E-state index contributed by atoms with van der Waals surface area (Å²) < 4.78 is 83.3. The number of hydrogen-bond donors (Lipinski definition) is 2. The first-order chi connectivity index (χ1) is 35.0. The molecule has 0 unspecified atom stereocenters. The molecule has 2 fully saturated rings. The average molecular weight is 1030 g/mol. The van der Waals surface area contributed by atoms with E-state index in [-0.39, 0.29) is 45.1 Å². The number of carboxylic acid groups (broad SMARTS) is 1. The normalized spacial score (nSPS) is 25.8. The van der Waals surface area contributed by atoms with Gasteiger partial charge in [0.1, 0.15) is 32.3 Å². The summed E-state index contributed by atoms with van der Waals surface area (Å²) in [6.45, 7) is 14.7. The number of aliphatic hydroxyl groups excluding tert-OH is 1. The molecule has 2 aromatic rings. The van der Waals surface area contributed by atoms with Crippen molar-refractivity contribution in [2.24, 2.45) is 35.5 Å². The first kappa shape index (κ1) is 61.1. The Bertz CT molecular complexity index is 2110. The molecule has 73 heavy (non-hydrogen) atoms. The van der Waals surface area contributed by atoms with Crippen LogP contribution in [0.1, 0.15) is 85.5 Å².